The molecule has 0 unspecified atom stereocenters. The zero-order chi connectivity index (χ0) is 12.0. The molecule has 0 radical (unpaired) electrons. The second-order valence-electron chi connectivity index (χ2n) is 4.95. The van der Waals surface area contributed by atoms with Gasteiger partial charge < -0.3 is 10.1 Å². The fourth-order valence-electron chi connectivity index (χ4n) is 1.42. The molecule has 1 N–H and O–H groups in total. The minimum absolute atomic E-state index is 0.0781. The lowest BCUT2D eigenvalue weighted by atomic mass is 10.1. The number of rotatable bonds is 5. The van der Waals surface area contributed by atoms with Crippen LogP contribution in [0, 0.1) is 0 Å². The molecule has 0 spiro atoms. The molecule has 0 aliphatic rings. The average molecular weight is 221 g/mol. The van der Waals surface area contributed by atoms with Crippen LogP contribution in [0.2, 0.25) is 0 Å². The molecule has 0 heterocycles. The van der Waals surface area contributed by atoms with E-state index in [0.717, 1.165) is 13.1 Å². The van der Waals surface area contributed by atoms with Gasteiger partial charge in [-0.25, -0.2) is 0 Å². The van der Waals surface area contributed by atoms with Crippen molar-refractivity contribution in [1.29, 1.82) is 0 Å². The fraction of sp³-hybridized carbons (Fsp3) is 0.571. The Hall–Kier alpha value is -0.860. The van der Waals surface area contributed by atoms with E-state index >= 15 is 0 Å². The Kier molecular flexibility index (Phi) is 4.97. The largest absolute Gasteiger partial charge is 0.371 e. The lowest BCUT2D eigenvalue weighted by Gasteiger charge is -2.20. The summed E-state index contributed by atoms with van der Waals surface area (Å²) in [6, 6.07) is 8.44. The van der Waals surface area contributed by atoms with Gasteiger partial charge in [-0.2, -0.15) is 0 Å². The van der Waals surface area contributed by atoms with Crippen molar-refractivity contribution in [2.24, 2.45) is 0 Å². The van der Waals surface area contributed by atoms with Gasteiger partial charge in [-0.1, -0.05) is 31.2 Å². The summed E-state index contributed by atoms with van der Waals surface area (Å²) in [6.07, 6.45) is 0. The van der Waals surface area contributed by atoms with Crippen molar-refractivity contribution in [3.8, 4) is 0 Å². The zero-order valence-corrected chi connectivity index (χ0v) is 10.8. The monoisotopic (exact) mass is 221 g/mol. The van der Waals surface area contributed by atoms with Crippen molar-refractivity contribution in [3.63, 3.8) is 0 Å². The van der Waals surface area contributed by atoms with E-state index in [1.165, 1.54) is 11.1 Å². The summed E-state index contributed by atoms with van der Waals surface area (Å²) in [5.41, 5.74) is 2.53. The molecule has 0 aromatic heterocycles. The maximum atomic E-state index is 5.81. The highest BCUT2D eigenvalue weighted by Crippen LogP contribution is 2.15. The first kappa shape index (κ1) is 13.2. The standard InChI is InChI=1S/C14H23NO/c1-5-15-10-12-8-6-7-9-13(12)11-16-14(2,3)4/h6-9,15H,5,10-11H2,1-4H3. The summed E-state index contributed by atoms with van der Waals surface area (Å²) in [5.74, 6) is 0. The number of hydrogen-bond acceptors (Lipinski definition) is 2. The zero-order valence-electron chi connectivity index (χ0n) is 10.8. The molecule has 0 amide bonds. The molecular formula is C14H23NO. The van der Waals surface area contributed by atoms with Crippen molar-refractivity contribution in [1.82, 2.24) is 5.32 Å². The van der Waals surface area contributed by atoms with Crippen molar-refractivity contribution >= 4 is 0 Å². The SMILES string of the molecule is CCNCc1ccccc1COC(C)(C)C. The predicted octanol–water partition coefficient (Wildman–Crippen LogP) is 3.11. The minimum atomic E-state index is -0.0781. The Labute approximate surface area is 99.0 Å². The topological polar surface area (TPSA) is 21.3 Å². The van der Waals surface area contributed by atoms with E-state index in [1.807, 2.05) is 0 Å². The molecule has 2 heteroatoms. The van der Waals surface area contributed by atoms with Crippen LogP contribution in [0.15, 0.2) is 24.3 Å². The van der Waals surface area contributed by atoms with Gasteiger partial charge in [0.2, 0.25) is 0 Å². The normalized spacial score (nSPS) is 11.8. The molecule has 1 aromatic rings. The fourth-order valence-corrected chi connectivity index (χ4v) is 1.42. The van der Waals surface area contributed by atoms with Crippen LogP contribution in [0.5, 0.6) is 0 Å². The van der Waals surface area contributed by atoms with Crippen LogP contribution < -0.4 is 5.32 Å². The van der Waals surface area contributed by atoms with Gasteiger partial charge in [0, 0.05) is 6.54 Å². The molecule has 0 saturated heterocycles. The van der Waals surface area contributed by atoms with Crippen molar-refractivity contribution in [3.05, 3.63) is 35.4 Å². The van der Waals surface area contributed by atoms with Gasteiger partial charge in [0.1, 0.15) is 0 Å². The number of benzene rings is 1. The summed E-state index contributed by atoms with van der Waals surface area (Å²) in [6.45, 7) is 11.0. The second-order valence-corrected chi connectivity index (χ2v) is 4.95. The second kappa shape index (κ2) is 6.02. The van der Waals surface area contributed by atoms with Crippen LogP contribution in [-0.4, -0.2) is 12.1 Å². The van der Waals surface area contributed by atoms with Gasteiger partial charge in [-0.05, 0) is 38.4 Å². The van der Waals surface area contributed by atoms with Gasteiger partial charge >= 0.3 is 0 Å². The molecule has 90 valence electrons. The number of ether oxygens (including phenoxy) is 1. The van der Waals surface area contributed by atoms with E-state index in [2.05, 4.69) is 57.3 Å². The van der Waals surface area contributed by atoms with Crippen LogP contribution in [-0.2, 0) is 17.9 Å². The van der Waals surface area contributed by atoms with Crippen LogP contribution in [0.3, 0.4) is 0 Å². The Balaban J connectivity index is 2.63. The minimum Gasteiger partial charge on any atom is -0.371 e. The first-order chi connectivity index (χ1) is 7.53. The van der Waals surface area contributed by atoms with Gasteiger partial charge in [-0.15, -0.1) is 0 Å². The number of nitrogens with one attached hydrogen (secondary N) is 1. The lowest BCUT2D eigenvalue weighted by Crippen LogP contribution is -2.20. The molecule has 0 atom stereocenters. The molecule has 1 rings (SSSR count). The Morgan fingerprint density at radius 2 is 1.75 bits per heavy atom. The average Bonchev–Trinajstić information content (AvgIpc) is 2.23. The van der Waals surface area contributed by atoms with Crippen LogP contribution >= 0.6 is 0 Å². The molecule has 0 aliphatic heterocycles. The van der Waals surface area contributed by atoms with Crippen LogP contribution in [0.4, 0.5) is 0 Å². The summed E-state index contributed by atoms with van der Waals surface area (Å²) < 4.78 is 5.81. The van der Waals surface area contributed by atoms with E-state index in [0.29, 0.717) is 6.61 Å². The third-order valence-electron chi connectivity index (χ3n) is 2.34. The summed E-state index contributed by atoms with van der Waals surface area (Å²) in [5, 5.41) is 3.35. The summed E-state index contributed by atoms with van der Waals surface area (Å²) >= 11 is 0. The molecule has 0 bridgehead atoms. The van der Waals surface area contributed by atoms with Crippen molar-refractivity contribution in [2.45, 2.75) is 46.4 Å². The van der Waals surface area contributed by atoms with Gasteiger partial charge in [0.15, 0.2) is 0 Å². The lowest BCUT2D eigenvalue weighted by molar-refractivity contribution is -0.0152. The smallest absolute Gasteiger partial charge is 0.0727 e. The maximum Gasteiger partial charge on any atom is 0.0727 e. The number of hydrogen-bond donors (Lipinski definition) is 1. The summed E-state index contributed by atoms with van der Waals surface area (Å²) in [4.78, 5) is 0. The third kappa shape index (κ3) is 4.77. The van der Waals surface area contributed by atoms with E-state index < -0.39 is 0 Å². The Morgan fingerprint density at radius 1 is 1.12 bits per heavy atom. The highest BCUT2D eigenvalue weighted by atomic mass is 16.5. The molecule has 0 fully saturated rings. The molecule has 0 saturated carbocycles. The van der Waals surface area contributed by atoms with Crippen molar-refractivity contribution < 1.29 is 4.74 Å². The molecule has 16 heavy (non-hydrogen) atoms. The van der Waals surface area contributed by atoms with Crippen LogP contribution in [0.25, 0.3) is 0 Å². The van der Waals surface area contributed by atoms with E-state index in [9.17, 15) is 0 Å². The highest BCUT2D eigenvalue weighted by Gasteiger charge is 2.11. The van der Waals surface area contributed by atoms with Gasteiger partial charge in [0.05, 0.1) is 12.2 Å². The predicted molar refractivity (Wildman–Crippen MR) is 68.4 cm³/mol. The van der Waals surface area contributed by atoms with E-state index in [1.54, 1.807) is 0 Å². The summed E-state index contributed by atoms with van der Waals surface area (Å²) in [7, 11) is 0. The van der Waals surface area contributed by atoms with E-state index in [4.69, 9.17) is 4.74 Å². The van der Waals surface area contributed by atoms with Gasteiger partial charge in [0.25, 0.3) is 0 Å². The maximum absolute atomic E-state index is 5.81. The molecule has 2 nitrogen and oxygen atoms in total. The highest BCUT2D eigenvalue weighted by molar-refractivity contribution is 5.26. The Bertz CT molecular complexity index is 315. The van der Waals surface area contributed by atoms with Gasteiger partial charge in [-0.3, -0.25) is 0 Å². The van der Waals surface area contributed by atoms with E-state index in [-0.39, 0.29) is 5.60 Å². The third-order valence-corrected chi connectivity index (χ3v) is 2.34. The molecule has 0 aliphatic carbocycles. The Morgan fingerprint density at radius 3 is 2.31 bits per heavy atom. The van der Waals surface area contributed by atoms with Crippen LogP contribution in [0.1, 0.15) is 38.8 Å². The molecule has 1 aromatic carbocycles. The van der Waals surface area contributed by atoms with Crippen molar-refractivity contribution in [2.75, 3.05) is 6.54 Å². The quantitative estimate of drug-likeness (QED) is 0.825. The first-order valence-electron chi connectivity index (χ1n) is 5.94. The first-order valence-corrected chi connectivity index (χ1v) is 5.94. The molecular weight excluding hydrogens is 198 g/mol.